The van der Waals surface area contributed by atoms with Crippen LogP contribution < -0.4 is 4.74 Å². The van der Waals surface area contributed by atoms with Crippen molar-refractivity contribution < 1.29 is 23.8 Å². The zero-order valence-electron chi connectivity index (χ0n) is 18.1. The molecule has 0 spiro atoms. The van der Waals surface area contributed by atoms with Gasteiger partial charge in [0.1, 0.15) is 0 Å². The van der Waals surface area contributed by atoms with Crippen molar-refractivity contribution in [2.75, 3.05) is 6.61 Å². The molecule has 1 N–H and O–H groups in total. The molecule has 1 aliphatic rings. The lowest BCUT2D eigenvalue weighted by molar-refractivity contribution is -0.139. The average Bonchev–Trinajstić information content (AvgIpc) is 2.73. The summed E-state index contributed by atoms with van der Waals surface area (Å²) in [5.41, 5.74) is 2.54. The van der Waals surface area contributed by atoms with Crippen LogP contribution in [0.1, 0.15) is 56.3 Å². The summed E-state index contributed by atoms with van der Waals surface area (Å²) in [7, 11) is 0. The monoisotopic (exact) mass is 524 g/mol. The lowest BCUT2D eigenvalue weighted by Crippen LogP contribution is -2.36. The minimum Gasteiger partial charge on any atom is -0.479 e. The lowest BCUT2D eigenvalue weighted by Gasteiger charge is -2.43. The van der Waals surface area contributed by atoms with E-state index in [1.807, 2.05) is 31.2 Å². The molecular weight excluding hydrogens is 499 g/mol. The highest BCUT2D eigenvalue weighted by molar-refractivity contribution is 9.10. The minimum absolute atomic E-state index is 0.0907. The van der Waals surface area contributed by atoms with Crippen molar-refractivity contribution >= 4 is 33.5 Å². The molecule has 3 rings (SSSR count). The molecule has 0 bridgehead atoms. The van der Waals surface area contributed by atoms with E-state index in [1.165, 1.54) is 6.07 Å². The van der Waals surface area contributed by atoms with Crippen LogP contribution in [0.15, 0.2) is 53.0 Å². The zero-order valence-corrected chi connectivity index (χ0v) is 20.5. The van der Waals surface area contributed by atoms with E-state index >= 15 is 0 Å². The number of rotatable bonds is 8. The van der Waals surface area contributed by atoms with Gasteiger partial charge in [-0.1, -0.05) is 65.2 Å². The molecule has 4 atom stereocenters. The smallest absolute Gasteiger partial charge is 0.341 e. The Bertz CT molecular complexity index is 979. The number of halogens is 3. The first-order valence-corrected chi connectivity index (χ1v) is 11.8. The van der Waals surface area contributed by atoms with Crippen molar-refractivity contribution in [3.63, 3.8) is 0 Å². The second-order valence-electron chi connectivity index (χ2n) is 8.22. The summed E-state index contributed by atoms with van der Waals surface area (Å²) >= 11 is 9.44. The largest absolute Gasteiger partial charge is 0.479 e. The summed E-state index contributed by atoms with van der Waals surface area (Å²) in [6.45, 7) is 7.57. The molecule has 1 saturated heterocycles. The van der Waals surface area contributed by atoms with E-state index in [0.717, 1.165) is 30.4 Å². The third-order valence-corrected chi connectivity index (χ3v) is 6.54. The molecule has 0 amide bonds. The fraction of sp³-hybridized carbons (Fsp3) is 0.400. The third kappa shape index (κ3) is 5.72. The Balaban J connectivity index is 2.04. The fourth-order valence-corrected chi connectivity index (χ4v) is 4.94. The van der Waals surface area contributed by atoms with Crippen molar-refractivity contribution in [1.82, 2.24) is 0 Å². The lowest BCUT2D eigenvalue weighted by atomic mass is 9.74. The van der Waals surface area contributed by atoms with Gasteiger partial charge in [0.05, 0.1) is 12.2 Å². The molecule has 172 valence electrons. The molecule has 4 nitrogen and oxygen atoms in total. The Labute approximate surface area is 201 Å². The molecule has 1 aliphatic heterocycles. The number of carboxylic acid groups (broad SMARTS) is 1. The van der Waals surface area contributed by atoms with Crippen LogP contribution in [0.3, 0.4) is 0 Å². The van der Waals surface area contributed by atoms with Gasteiger partial charge in [0.25, 0.3) is 0 Å². The highest BCUT2D eigenvalue weighted by Gasteiger charge is 2.41. The summed E-state index contributed by atoms with van der Waals surface area (Å²) in [6.07, 6.45) is 1.90. The minimum atomic E-state index is -1.18. The predicted octanol–water partition coefficient (Wildman–Crippen LogP) is 7.31. The number of hydrogen-bond acceptors (Lipinski definition) is 3. The topological polar surface area (TPSA) is 55.8 Å². The van der Waals surface area contributed by atoms with Crippen LogP contribution >= 0.6 is 27.5 Å². The van der Waals surface area contributed by atoms with Gasteiger partial charge in [0.15, 0.2) is 18.2 Å². The summed E-state index contributed by atoms with van der Waals surface area (Å²) < 4.78 is 27.4. The maximum atomic E-state index is 14.8. The van der Waals surface area contributed by atoms with Crippen LogP contribution in [0.4, 0.5) is 4.39 Å². The first-order valence-electron chi connectivity index (χ1n) is 10.6. The second kappa shape index (κ2) is 10.8. The second-order valence-corrected chi connectivity index (χ2v) is 9.57. The van der Waals surface area contributed by atoms with Crippen molar-refractivity contribution in [2.24, 2.45) is 5.92 Å². The zero-order chi connectivity index (χ0) is 23.4. The maximum absolute atomic E-state index is 14.8. The van der Waals surface area contributed by atoms with E-state index in [1.54, 1.807) is 6.07 Å². The van der Waals surface area contributed by atoms with Crippen LogP contribution in [0, 0.1) is 11.7 Å². The van der Waals surface area contributed by atoms with E-state index in [9.17, 15) is 9.18 Å². The van der Waals surface area contributed by atoms with Gasteiger partial charge in [-0.25, -0.2) is 9.18 Å². The van der Waals surface area contributed by atoms with Crippen LogP contribution in [-0.2, 0) is 9.53 Å². The van der Waals surface area contributed by atoms with Crippen LogP contribution in [0.2, 0.25) is 5.02 Å². The molecule has 2 aromatic rings. The van der Waals surface area contributed by atoms with E-state index < -0.39 is 24.5 Å². The number of benzene rings is 2. The molecule has 1 heterocycles. The molecule has 0 unspecified atom stereocenters. The van der Waals surface area contributed by atoms with Gasteiger partial charge in [-0.3, -0.25) is 0 Å². The number of hydrogen-bond donors (Lipinski definition) is 1. The molecular formula is C25H27BrClFO4. The first-order chi connectivity index (χ1) is 15.2. The molecule has 32 heavy (non-hydrogen) atoms. The standard InChI is InChI=1S/C25H27BrClFO4/c1-4-5-22-19(15-6-8-17(27)9-7-15)12-18(14(2)3)24(32-22)20-10-16(26)11-21(28)25(20)31-13-23(29)30/h6-11,18-19,22,24H,2,4-5,12-13H2,1,3H3,(H,29,30)/t18-,19-,22+,24+/m0/s1. The third-order valence-electron chi connectivity index (χ3n) is 5.83. The molecule has 0 saturated carbocycles. The van der Waals surface area contributed by atoms with Crippen molar-refractivity contribution in [1.29, 1.82) is 0 Å². The Morgan fingerprint density at radius 1 is 1.34 bits per heavy atom. The van der Waals surface area contributed by atoms with E-state index in [-0.39, 0.29) is 23.7 Å². The van der Waals surface area contributed by atoms with Crippen molar-refractivity contribution in [3.05, 3.63) is 75.0 Å². The number of carboxylic acids is 1. The first kappa shape index (κ1) is 24.7. The number of carbonyl (C=O) groups is 1. The summed E-state index contributed by atoms with van der Waals surface area (Å²) in [5, 5.41) is 9.72. The average molecular weight is 526 g/mol. The van der Waals surface area contributed by atoms with E-state index in [0.29, 0.717) is 15.1 Å². The molecule has 0 aromatic heterocycles. The predicted molar refractivity (Wildman–Crippen MR) is 127 cm³/mol. The van der Waals surface area contributed by atoms with Gasteiger partial charge in [0, 0.05) is 26.9 Å². The normalized spacial score (nSPS) is 23.0. The van der Waals surface area contributed by atoms with Crippen molar-refractivity contribution in [3.8, 4) is 5.75 Å². The Morgan fingerprint density at radius 2 is 2.03 bits per heavy atom. The van der Waals surface area contributed by atoms with E-state index in [4.69, 9.17) is 26.2 Å². The van der Waals surface area contributed by atoms with Crippen molar-refractivity contribution in [2.45, 2.75) is 51.2 Å². The summed E-state index contributed by atoms with van der Waals surface area (Å²) in [6, 6.07) is 10.8. The molecule has 7 heteroatoms. The molecule has 2 aromatic carbocycles. The van der Waals surface area contributed by atoms with Crippen LogP contribution in [-0.4, -0.2) is 23.8 Å². The molecule has 0 radical (unpaired) electrons. The highest BCUT2D eigenvalue weighted by atomic mass is 79.9. The van der Waals surface area contributed by atoms with Gasteiger partial charge in [-0.05, 0) is 49.6 Å². The highest BCUT2D eigenvalue weighted by Crippen LogP contribution is 2.50. The Morgan fingerprint density at radius 3 is 2.62 bits per heavy atom. The van der Waals surface area contributed by atoms with Gasteiger partial charge in [0.2, 0.25) is 0 Å². The SMILES string of the molecule is C=C(C)[C@@H]1C[C@@H](c2ccc(Cl)cc2)[C@@H](CCC)O[C@H]1c1cc(Br)cc(F)c1OCC(=O)O. The summed E-state index contributed by atoms with van der Waals surface area (Å²) in [4.78, 5) is 11.1. The molecule has 1 fully saturated rings. The van der Waals surface area contributed by atoms with E-state index in [2.05, 4.69) is 29.4 Å². The number of ether oxygens (including phenoxy) is 2. The van der Waals surface area contributed by atoms with Crippen LogP contribution in [0.25, 0.3) is 0 Å². The Hall–Kier alpha value is -1.89. The fourth-order valence-electron chi connectivity index (χ4n) is 4.37. The van der Waals surface area contributed by atoms with Crippen LogP contribution in [0.5, 0.6) is 5.75 Å². The van der Waals surface area contributed by atoms with Gasteiger partial charge in [-0.2, -0.15) is 0 Å². The Kier molecular flexibility index (Phi) is 8.37. The maximum Gasteiger partial charge on any atom is 0.341 e. The van der Waals surface area contributed by atoms with Gasteiger partial charge < -0.3 is 14.6 Å². The number of aliphatic carboxylic acids is 1. The quantitative estimate of drug-likeness (QED) is 0.367. The molecule has 0 aliphatic carbocycles. The summed E-state index contributed by atoms with van der Waals surface area (Å²) in [5.74, 6) is -1.88. The van der Waals surface area contributed by atoms with Gasteiger partial charge in [-0.15, -0.1) is 0 Å². The van der Waals surface area contributed by atoms with Gasteiger partial charge >= 0.3 is 5.97 Å².